The second kappa shape index (κ2) is 15.4. The molecule has 0 spiro atoms. The Hall–Kier alpha value is 3.34. The zero-order valence-electron chi connectivity index (χ0n) is 11.5. The van der Waals surface area contributed by atoms with E-state index in [1.54, 1.807) is 0 Å². The summed E-state index contributed by atoms with van der Waals surface area (Å²) in [6.45, 7) is 7.61. The summed E-state index contributed by atoms with van der Waals surface area (Å²) in [7, 11) is 18.3. The molecule has 0 aromatic carbocycles. The van der Waals surface area contributed by atoms with Gasteiger partial charge in [-0.1, -0.05) is 0 Å². The van der Waals surface area contributed by atoms with Crippen LogP contribution >= 0.6 is 101 Å². The average Bonchev–Trinajstić information content (AvgIpc) is 2.58. The van der Waals surface area contributed by atoms with Crippen LogP contribution in [0.15, 0.2) is 0 Å². The third kappa shape index (κ3) is 11.1. The largest absolute Gasteiger partial charge is 0.379 e. The van der Waals surface area contributed by atoms with Crippen LogP contribution in [-0.2, 0) is 9.47 Å². The maximum Gasteiger partial charge on any atom is 0.0603 e. The molecule has 2 aliphatic rings. The molecule has 130 valence electrons. The molecule has 0 bridgehead atoms. The number of hydrogen-bond acceptors (Lipinski definition) is 14. The van der Waals surface area contributed by atoms with Gasteiger partial charge in [-0.25, -0.2) is 8.61 Å². The zero-order valence-corrected chi connectivity index (χ0v) is 19.6. The van der Waals surface area contributed by atoms with Crippen molar-refractivity contribution in [3.05, 3.63) is 0 Å². The van der Waals surface area contributed by atoms with Crippen molar-refractivity contribution < 1.29 is 9.47 Å². The van der Waals surface area contributed by atoms with Crippen LogP contribution in [0.1, 0.15) is 0 Å². The second-order valence-electron chi connectivity index (χ2n) is 3.78. The fraction of sp³-hybridized carbons (Fsp3) is 1.00. The molecule has 0 saturated carbocycles. The molecule has 0 aromatic rings. The molecular weight excluding hydrogens is 477 g/mol. The summed E-state index contributed by atoms with van der Waals surface area (Å²) in [5.41, 5.74) is 0. The lowest BCUT2D eigenvalue weighted by Gasteiger charge is -2.24. The van der Waals surface area contributed by atoms with Gasteiger partial charge in [0.25, 0.3) is 0 Å². The molecule has 0 N–H and O–H groups in total. The highest BCUT2D eigenvalue weighted by Crippen LogP contribution is 2.60. The first kappa shape index (κ1) is 21.6. The van der Waals surface area contributed by atoms with Crippen LogP contribution in [-0.4, -0.2) is 61.2 Å². The predicted octanol–water partition coefficient (Wildman–Crippen LogP) is 6.05. The maximum atomic E-state index is 5.33. The van der Waals surface area contributed by atoms with Crippen molar-refractivity contribution in [1.29, 1.82) is 0 Å². The first-order valence-electron chi connectivity index (χ1n) is 6.28. The number of morpholine rings is 2. The van der Waals surface area contributed by atoms with Crippen LogP contribution in [0.5, 0.6) is 0 Å². The lowest BCUT2D eigenvalue weighted by molar-refractivity contribution is 0.0779. The molecule has 2 rings (SSSR count). The van der Waals surface area contributed by atoms with Crippen molar-refractivity contribution >= 4 is 101 Å². The van der Waals surface area contributed by atoms with Crippen LogP contribution < -0.4 is 0 Å². The van der Waals surface area contributed by atoms with Crippen LogP contribution in [0.3, 0.4) is 0 Å². The molecule has 22 heavy (non-hydrogen) atoms. The SMILES string of the molecule is C1CN(SSSSSSSSSSN2CCOCC2)CCO1. The smallest absolute Gasteiger partial charge is 0.0603 e. The molecular formula is C8H16N2O2S10. The summed E-state index contributed by atoms with van der Waals surface area (Å²) in [4.78, 5) is 0. The average molecular weight is 493 g/mol. The summed E-state index contributed by atoms with van der Waals surface area (Å²) in [6, 6.07) is 0. The monoisotopic (exact) mass is 492 g/mol. The number of ether oxygens (including phenoxy) is 2. The molecule has 0 aromatic heterocycles. The van der Waals surface area contributed by atoms with E-state index in [0.29, 0.717) is 0 Å². The van der Waals surface area contributed by atoms with E-state index >= 15 is 0 Å². The quantitative estimate of drug-likeness (QED) is 0.190. The standard InChI is InChI=1S/C8H16N2O2S10/c1-5-11-6-2-9(1)13-15-17-19-21-22-20-18-16-14-10-3-7-12-8-4-10/h1-8H2. The van der Waals surface area contributed by atoms with Gasteiger partial charge in [-0.15, -0.1) is 0 Å². The van der Waals surface area contributed by atoms with Gasteiger partial charge in [0, 0.05) is 127 Å². The molecule has 2 saturated heterocycles. The topological polar surface area (TPSA) is 24.9 Å². The van der Waals surface area contributed by atoms with Gasteiger partial charge in [-0.3, -0.25) is 0 Å². The van der Waals surface area contributed by atoms with Crippen LogP contribution in [0.4, 0.5) is 0 Å². The number of nitrogens with zero attached hydrogens (tertiary/aromatic N) is 2. The molecule has 0 aliphatic carbocycles. The Bertz CT molecular complexity index is 243. The Balaban J connectivity index is 1.28. The van der Waals surface area contributed by atoms with E-state index < -0.39 is 0 Å². The molecule has 0 radical (unpaired) electrons. The van der Waals surface area contributed by atoms with E-state index in [-0.39, 0.29) is 0 Å². The fourth-order valence-electron chi connectivity index (χ4n) is 1.42. The van der Waals surface area contributed by atoms with E-state index in [1.807, 2.05) is 101 Å². The molecule has 4 nitrogen and oxygen atoms in total. The number of hydrogen-bond donors (Lipinski definition) is 0. The highest BCUT2D eigenvalue weighted by Gasteiger charge is 2.12. The van der Waals surface area contributed by atoms with Gasteiger partial charge < -0.3 is 9.47 Å². The van der Waals surface area contributed by atoms with Gasteiger partial charge in [0.15, 0.2) is 0 Å². The Morgan fingerprint density at radius 3 is 1.14 bits per heavy atom. The van der Waals surface area contributed by atoms with Gasteiger partial charge in [0.2, 0.25) is 0 Å². The lowest BCUT2D eigenvalue weighted by Crippen LogP contribution is -2.30. The van der Waals surface area contributed by atoms with Crippen molar-refractivity contribution in [2.45, 2.75) is 0 Å². The van der Waals surface area contributed by atoms with E-state index in [9.17, 15) is 0 Å². The highest BCUT2D eigenvalue weighted by atomic mass is 34.0. The lowest BCUT2D eigenvalue weighted by atomic mass is 10.5. The summed E-state index contributed by atoms with van der Waals surface area (Å²) >= 11 is 0. The molecule has 2 heterocycles. The molecule has 2 fully saturated rings. The normalized spacial score (nSPS) is 21.3. The molecule has 0 amide bonds. The fourth-order valence-corrected chi connectivity index (χ4v) is 23.6. The zero-order chi connectivity index (χ0) is 15.3. The second-order valence-corrected chi connectivity index (χ2v) is 20.2. The van der Waals surface area contributed by atoms with E-state index in [1.165, 1.54) is 0 Å². The van der Waals surface area contributed by atoms with Crippen molar-refractivity contribution in [3.63, 3.8) is 0 Å². The van der Waals surface area contributed by atoms with Crippen molar-refractivity contribution in [3.8, 4) is 0 Å². The first-order chi connectivity index (χ1) is 10.9. The van der Waals surface area contributed by atoms with Crippen molar-refractivity contribution in [2.24, 2.45) is 0 Å². The van der Waals surface area contributed by atoms with Crippen LogP contribution in [0.25, 0.3) is 0 Å². The summed E-state index contributed by atoms with van der Waals surface area (Å²) in [5.74, 6) is 0. The first-order valence-corrected chi connectivity index (χ1v) is 19.0. The predicted molar refractivity (Wildman–Crippen MR) is 121 cm³/mol. The van der Waals surface area contributed by atoms with Crippen molar-refractivity contribution in [1.82, 2.24) is 8.61 Å². The van der Waals surface area contributed by atoms with Gasteiger partial charge >= 0.3 is 0 Å². The molecule has 2 aliphatic heterocycles. The van der Waals surface area contributed by atoms with E-state index in [4.69, 9.17) is 9.47 Å². The van der Waals surface area contributed by atoms with Crippen molar-refractivity contribution in [2.75, 3.05) is 52.6 Å². The minimum Gasteiger partial charge on any atom is -0.379 e. The molecule has 0 unspecified atom stereocenters. The summed E-state index contributed by atoms with van der Waals surface area (Å²) in [6.07, 6.45) is 0. The van der Waals surface area contributed by atoms with E-state index in [2.05, 4.69) is 8.61 Å². The molecule has 0 atom stereocenters. The van der Waals surface area contributed by atoms with Gasteiger partial charge in [-0.05, 0) is 0 Å². The maximum absolute atomic E-state index is 5.33. The minimum absolute atomic E-state index is 0.865. The van der Waals surface area contributed by atoms with Crippen LogP contribution in [0.2, 0.25) is 0 Å². The highest BCUT2D eigenvalue weighted by molar-refractivity contribution is 9.52. The number of rotatable bonds is 11. The Morgan fingerprint density at radius 1 is 0.455 bits per heavy atom. The molecule has 14 heteroatoms. The Morgan fingerprint density at radius 2 is 0.773 bits per heavy atom. The van der Waals surface area contributed by atoms with Gasteiger partial charge in [0.05, 0.1) is 26.4 Å². The van der Waals surface area contributed by atoms with Crippen LogP contribution in [0, 0.1) is 0 Å². The Labute approximate surface area is 169 Å². The minimum atomic E-state index is 0.865. The third-order valence-electron chi connectivity index (χ3n) is 2.41. The van der Waals surface area contributed by atoms with Gasteiger partial charge in [-0.2, -0.15) is 0 Å². The summed E-state index contributed by atoms with van der Waals surface area (Å²) < 4.78 is 15.4. The summed E-state index contributed by atoms with van der Waals surface area (Å²) in [5, 5.41) is 0. The van der Waals surface area contributed by atoms with E-state index in [0.717, 1.165) is 52.6 Å². The third-order valence-corrected chi connectivity index (χ3v) is 22.0. The van der Waals surface area contributed by atoms with Gasteiger partial charge in [0.1, 0.15) is 0 Å². The Kier molecular flexibility index (Phi) is 15.1.